The summed E-state index contributed by atoms with van der Waals surface area (Å²) in [6.45, 7) is 0.216. The van der Waals surface area contributed by atoms with Crippen LogP contribution in [0.25, 0.3) is 0 Å². The van der Waals surface area contributed by atoms with Crippen molar-refractivity contribution < 1.29 is 14.3 Å². The van der Waals surface area contributed by atoms with Gasteiger partial charge >= 0.3 is 0 Å². The van der Waals surface area contributed by atoms with Crippen LogP contribution in [0.5, 0.6) is 11.5 Å². The maximum atomic E-state index is 12.2. The zero-order chi connectivity index (χ0) is 17.9. The zero-order valence-electron chi connectivity index (χ0n) is 13.4. The Morgan fingerprint density at radius 3 is 2.65 bits per heavy atom. The lowest BCUT2D eigenvalue weighted by molar-refractivity contribution is 0.102. The standard InChI is InChI=1S/C18H13ClN4O3/c19-12-3-1-2-4-13(12)21-18(24)14-6-8-17(23-22-14)20-11-5-7-15-16(9-11)26-10-25-15/h1-9H,10H2,(H,20,23)(H,21,24). The molecule has 1 aromatic heterocycles. The largest absolute Gasteiger partial charge is 0.454 e. The van der Waals surface area contributed by atoms with Gasteiger partial charge in [-0.1, -0.05) is 23.7 Å². The van der Waals surface area contributed by atoms with Gasteiger partial charge in [-0.25, -0.2) is 0 Å². The molecule has 1 aliphatic heterocycles. The minimum atomic E-state index is -0.389. The van der Waals surface area contributed by atoms with E-state index < -0.39 is 0 Å². The summed E-state index contributed by atoms with van der Waals surface area (Å²) in [6.07, 6.45) is 0. The second kappa shape index (κ2) is 6.89. The van der Waals surface area contributed by atoms with Crippen molar-refractivity contribution in [2.75, 3.05) is 17.4 Å². The summed E-state index contributed by atoms with van der Waals surface area (Å²) >= 11 is 6.03. The Morgan fingerprint density at radius 1 is 1.00 bits per heavy atom. The lowest BCUT2D eigenvalue weighted by Crippen LogP contribution is -2.14. The lowest BCUT2D eigenvalue weighted by atomic mass is 10.2. The van der Waals surface area contributed by atoms with E-state index in [0.29, 0.717) is 28.0 Å². The number of para-hydroxylation sites is 1. The highest BCUT2D eigenvalue weighted by molar-refractivity contribution is 6.33. The minimum Gasteiger partial charge on any atom is -0.454 e. The number of ether oxygens (including phenoxy) is 2. The molecule has 26 heavy (non-hydrogen) atoms. The molecule has 0 atom stereocenters. The van der Waals surface area contributed by atoms with E-state index in [0.717, 1.165) is 5.69 Å². The maximum Gasteiger partial charge on any atom is 0.276 e. The van der Waals surface area contributed by atoms with Gasteiger partial charge < -0.3 is 20.1 Å². The highest BCUT2D eigenvalue weighted by Crippen LogP contribution is 2.34. The first-order chi connectivity index (χ1) is 12.7. The van der Waals surface area contributed by atoms with Gasteiger partial charge in [0.05, 0.1) is 10.7 Å². The van der Waals surface area contributed by atoms with Crippen LogP contribution < -0.4 is 20.1 Å². The van der Waals surface area contributed by atoms with Crippen molar-refractivity contribution in [3.63, 3.8) is 0 Å². The number of carbonyl (C=O) groups excluding carboxylic acids is 1. The number of nitrogens with zero attached hydrogens (tertiary/aromatic N) is 2. The van der Waals surface area contributed by atoms with E-state index in [9.17, 15) is 4.79 Å². The van der Waals surface area contributed by atoms with E-state index in [2.05, 4.69) is 20.8 Å². The number of nitrogens with one attached hydrogen (secondary N) is 2. The van der Waals surface area contributed by atoms with Crippen LogP contribution in [0, 0.1) is 0 Å². The van der Waals surface area contributed by atoms with E-state index >= 15 is 0 Å². The summed E-state index contributed by atoms with van der Waals surface area (Å²) in [5, 5.41) is 14.2. The third-order valence-electron chi connectivity index (χ3n) is 3.66. The summed E-state index contributed by atoms with van der Waals surface area (Å²) in [5.41, 5.74) is 1.47. The number of rotatable bonds is 4. The molecule has 2 aromatic carbocycles. The molecule has 2 N–H and O–H groups in total. The third kappa shape index (κ3) is 3.38. The molecular formula is C18H13ClN4O3. The average Bonchev–Trinajstić information content (AvgIpc) is 3.12. The fourth-order valence-corrected chi connectivity index (χ4v) is 2.57. The number of benzene rings is 2. The summed E-state index contributed by atoms with van der Waals surface area (Å²) < 4.78 is 10.6. The van der Waals surface area contributed by atoms with E-state index in [1.807, 2.05) is 18.2 Å². The fourth-order valence-electron chi connectivity index (χ4n) is 2.39. The number of hydrogen-bond acceptors (Lipinski definition) is 6. The molecule has 3 aromatic rings. The van der Waals surface area contributed by atoms with Crippen molar-refractivity contribution in [3.8, 4) is 11.5 Å². The van der Waals surface area contributed by atoms with Crippen LogP contribution in [0.15, 0.2) is 54.6 Å². The molecule has 0 bridgehead atoms. The van der Waals surface area contributed by atoms with Crippen LogP contribution in [-0.2, 0) is 0 Å². The number of hydrogen-bond donors (Lipinski definition) is 2. The number of amides is 1. The summed E-state index contributed by atoms with van der Waals surface area (Å²) in [5.74, 6) is 1.48. The van der Waals surface area contributed by atoms with Gasteiger partial charge in [0.25, 0.3) is 5.91 Å². The second-order valence-corrected chi connectivity index (χ2v) is 5.84. The predicted octanol–water partition coefficient (Wildman–Crippen LogP) is 3.85. The third-order valence-corrected chi connectivity index (χ3v) is 3.99. The Hall–Kier alpha value is -3.32. The first kappa shape index (κ1) is 16.2. The molecule has 8 heteroatoms. The zero-order valence-corrected chi connectivity index (χ0v) is 14.2. The molecular weight excluding hydrogens is 356 g/mol. The molecule has 0 saturated heterocycles. The number of anilines is 3. The van der Waals surface area contributed by atoms with E-state index in [1.54, 1.807) is 36.4 Å². The number of halogens is 1. The van der Waals surface area contributed by atoms with Gasteiger partial charge in [-0.15, -0.1) is 10.2 Å². The normalized spacial score (nSPS) is 11.9. The van der Waals surface area contributed by atoms with Crippen molar-refractivity contribution in [1.29, 1.82) is 0 Å². The second-order valence-electron chi connectivity index (χ2n) is 5.43. The SMILES string of the molecule is O=C(Nc1ccccc1Cl)c1ccc(Nc2ccc3c(c2)OCO3)nn1. The molecule has 1 amide bonds. The van der Waals surface area contributed by atoms with E-state index in [-0.39, 0.29) is 18.4 Å². The molecule has 0 saturated carbocycles. The maximum absolute atomic E-state index is 12.2. The average molecular weight is 369 g/mol. The van der Waals surface area contributed by atoms with Gasteiger partial charge in [0, 0.05) is 11.8 Å². The smallest absolute Gasteiger partial charge is 0.276 e. The summed E-state index contributed by atoms with van der Waals surface area (Å²) in [4.78, 5) is 12.2. The molecule has 0 aliphatic carbocycles. The topological polar surface area (TPSA) is 85.4 Å². The van der Waals surface area contributed by atoms with Gasteiger partial charge in [0.1, 0.15) is 0 Å². The highest BCUT2D eigenvalue weighted by atomic mass is 35.5. The highest BCUT2D eigenvalue weighted by Gasteiger charge is 2.14. The first-order valence-electron chi connectivity index (χ1n) is 7.75. The van der Waals surface area contributed by atoms with Crippen molar-refractivity contribution in [1.82, 2.24) is 10.2 Å². The van der Waals surface area contributed by atoms with Crippen LogP contribution >= 0.6 is 11.6 Å². The summed E-state index contributed by atoms with van der Waals surface area (Å²) in [6, 6.07) is 15.7. The van der Waals surface area contributed by atoms with Gasteiger partial charge in [-0.2, -0.15) is 0 Å². The Labute approximate surface area is 153 Å². The van der Waals surface area contributed by atoms with Crippen molar-refractivity contribution >= 4 is 34.7 Å². The lowest BCUT2D eigenvalue weighted by Gasteiger charge is -2.08. The fraction of sp³-hybridized carbons (Fsp3) is 0.0556. The number of fused-ring (bicyclic) bond motifs is 1. The van der Waals surface area contributed by atoms with Crippen LogP contribution in [0.1, 0.15) is 10.5 Å². The van der Waals surface area contributed by atoms with E-state index in [1.165, 1.54) is 0 Å². The molecule has 0 spiro atoms. The minimum absolute atomic E-state index is 0.182. The van der Waals surface area contributed by atoms with Crippen LogP contribution in [0.4, 0.5) is 17.2 Å². The molecule has 0 radical (unpaired) electrons. The van der Waals surface area contributed by atoms with Crippen molar-refractivity contribution in [3.05, 3.63) is 65.3 Å². The van der Waals surface area contributed by atoms with Crippen LogP contribution in [-0.4, -0.2) is 22.9 Å². The van der Waals surface area contributed by atoms with Gasteiger partial charge in [0.15, 0.2) is 23.0 Å². The van der Waals surface area contributed by atoms with E-state index in [4.69, 9.17) is 21.1 Å². The molecule has 2 heterocycles. The molecule has 1 aliphatic rings. The van der Waals surface area contributed by atoms with Crippen molar-refractivity contribution in [2.24, 2.45) is 0 Å². The summed E-state index contributed by atoms with van der Waals surface area (Å²) in [7, 11) is 0. The Morgan fingerprint density at radius 2 is 1.85 bits per heavy atom. The Kier molecular flexibility index (Phi) is 4.28. The van der Waals surface area contributed by atoms with Gasteiger partial charge in [0.2, 0.25) is 6.79 Å². The van der Waals surface area contributed by atoms with Crippen LogP contribution in [0.2, 0.25) is 5.02 Å². The molecule has 0 fully saturated rings. The van der Waals surface area contributed by atoms with Crippen LogP contribution in [0.3, 0.4) is 0 Å². The molecule has 130 valence electrons. The molecule has 7 nitrogen and oxygen atoms in total. The number of carbonyl (C=O) groups is 1. The Bertz CT molecular complexity index is 963. The number of aromatic nitrogens is 2. The van der Waals surface area contributed by atoms with Crippen molar-refractivity contribution in [2.45, 2.75) is 0 Å². The van der Waals surface area contributed by atoms with Gasteiger partial charge in [-0.05, 0) is 36.4 Å². The molecule has 0 unspecified atom stereocenters. The predicted molar refractivity (Wildman–Crippen MR) is 97.3 cm³/mol. The monoisotopic (exact) mass is 368 g/mol. The quantitative estimate of drug-likeness (QED) is 0.727. The first-order valence-corrected chi connectivity index (χ1v) is 8.13. The van der Waals surface area contributed by atoms with Gasteiger partial charge in [-0.3, -0.25) is 4.79 Å². The molecule has 4 rings (SSSR count). The Balaban J connectivity index is 1.45.